The molecule has 0 spiro atoms. The Bertz CT molecular complexity index is 748. The van der Waals surface area contributed by atoms with E-state index in [-0.39, 0.29) is 11.8 Å². The van der Waals surface area contributed by atoms with Crippen molar-refractivity contribution < 1.29 is 4.79 Å². The first-order valence-electron chi connectivity index (χ1n) is 8.93. The molecule has 3 N–H and O–H groups in total. The van der Waals surface area contributed by atoms with Gasteiger partial charge in [-0.3, -0.25) is 14.4 Å². The molecule has 1 amide bonds. The molecular weight excluding hydrogens is 336 g/mol. The number of rotatable bonds is 5. The summed E-state index contributed by atoms with van der Waals surface area (Å²) < 4.78 is 2.06. The number of carbonyl (C=O) groups excluding carboxylic acids is 1. The summed E-state index contributed by atoms with van der Waals surface area (Å²) in [5, 5.41) is 8.32. The SMILES string of the molecule is Nc1ncc(CN2CCn3nc(CNC(=O)C4CCCC4)cc3C2)s1. The number of fused-ring (bicyclic) bond motifs is 1. The van der Waals surface area contributed by atoms with Crippen molar-refractivity contribution >= 4 is 22.4 Å². The molecule has 1 saturated carbocycles. The van der Waals surface area contributed by atoms with E-state index < -0.39 is 0 Å². The van der Waals surface area contributed by atoms with Gasteiger partial charge in [0, 0.05) is 36.6 Å². The minimum atomic E-state index is 0.188. The van der Waals surface area contributed by atoms with Crippen LogP contribution in [0.4, 0.5) is 5.13 Å². The molecule has 0 radical (unpaired) electrons. The van der Waals surface area contributed by atoms with Crippen LogP contribution in [0.2, 0.25) is 0 Å². The highest BCUT2D eigenvalue weighted by Gasteiger charge is 2.23. The van der Waals surface area contributed by atoms with Crippen LogP contribution in [-0.4, -0.2) is 32.1 Å². The van der Waals surface area contributed by atoms with Crippen molar-refractivity contribution in [1.82, 2.24) is 25.0 Å². The predicted octanol–water partition coefficient (Wildman–Crippen LogP) is 1.74. The average molecular weight is 360 g/mol. The molecule has 2 aliphatic rings. The number of aromatic nitrogens is 3. The van der Waals surface area contributed by atoms with Gasteiger partial charge in [0.05, 0.1) is 24.5 Å². The molecule has 25 heavy (non-hydrogen) atoms. The molecule has 0 aromatic carbocycles. The molecule has 1 fully saturated rings. The van der Waals surface area contributed by atoms with Crippen molar-refractivity contribution in [3.8, 4) is 0 Å². The maximum atomic E-state index is 12.2. The lowest BCUT2D eigenvalue weighted by molar-refractivity contribution is -0.124. The number of nitrogens with one attached hydrogen (secondary N) is 1. The van der Waals surface area contributed by atoms with Crippen molar-refractivity contribution in [1.29, 1.82) is 0 Å². The number of nitrogens with zero attached hydrogens (tertiary/aromatic N) is 4. The van der Waals surface area contributed by atoms with Gasteiger partial charge in [-0.2, -0.15) is 5.10 Å². The van der Waals surface area contributed by atoms with Crippen LogP contribution in [0.15, 0.2) is 12.3 Å². The lowest BCUT2D eigenvalue weighted by Gasteiger charge is -2.26. The number of amides is 1. The lowest BCUT2D eigenvalue weighted by atomic mass is 10.1. The smallest absolute Gasteiger partial charge is 0.223 e. The Hall–Kier alpha value is -1.93. The molecule has 0 atom stereocenters. The third-order valence-electron chi connectivity index (χ3n) is 5.05. The molecule has 3 heterocycles. The molecule has 7 nitrogen and oxygen atoms in total. The number of anilines is 1. The van der Waals surface area contributed by atoms with Gasteiger partial charge in [-0.15, -0.1) is 11.3 Å². The number of hydrogen-bond donors (Lipinski definition) is 2. The van der Waals surface area contributed by atoms with Gasteiger partial charge in [0.25, 0.3) is 0 Å². The summed E-state index contributed by atoms with van der Waals surface area (Å²) in [7, 11) is 0. The lowest BCUT2D eigenvalue weighted by Crippen LogP contribution is -2.33. The minimum Gasteiger partial charge on any atom is -0.375 e. The Morgan fingerprint density at radius 1 is 1.36 bits per heavy atom. The second-order valence-corrected chi connectivity index (χ2v) is 8.07. The van der Waals surface area contributed by atoms with Crippen molar-refractivity contribution in [3.63, 3.8) is 0 Å². The first-order valence-corrected chi connectivity index (χ1v) is 9.75. The van der Waals surface area contributed by atoms with Crippen LogP contribution in [0, 0.1) is 5.92 Å². The predicted molar refractivity (Wildman–Crippen MR) is 96.7 cm³/mol. The highest BCUT2D eigenvalue weighted by Crippen LogP contribution is 2.25. The van der Waals surface area contributed by atoms with Gasteiger partial charge in [-0.05, 0) is 18.9 Å². The van der Waals surface area contributed by atoms with E-state index in [1.807, 2.05) is 6.20 Å². The van der Waals surface area contributed by atoms with Gasteiger partial charge in [0.15, 0.2) is 5.13 Å². The first kappa shape index (κ1) is 16.5. The van der Waals surface area contributed by atoms with E-state index >= 15 is 0 Å². The third-order valence-corrected chi connectivity index (χ3v) is 5.86. The molecule has 0 bridgehead atoms. The molecular formula is C17H24N6OS. The normalized spacial score (nSPS) is 18.4. The summed E-state index contributed by atoms with van der Waals surface area (Å²) in [6.07, 6.45) is 6.28. The Labute approximate surface area is 151 Å². The van der Waals surface area contributed by atoms with Crippen molar-refractivity contribution in [3.05, 3.63) is 28.5 Å². The standard InChI is InChI=1S/C17H24N6OS/c18-17-20-9-15(25-17)11-22-5-6-23-14(10-22)7-13(21-23)8-19-16(24)12-3-1-2-4-12/h7,9,12H,1-6,8,10-11H2,(H2,18,20)(H,19,24). The number of hydrogen-bond acceptors (Lipinski definition) is 6. The second kappa shape index (κ2) is 7.13. The maximum Gasteiger partial charge on any atom is 0.223 e. The zero-order chi connectivity index (χ0) is 17.2. The highest BCUT2D eigenvalue weighted by atomic mass is 32.1. The van der Waals surface area contributed by atoms with E-state index in [4.69, 9.17) is 5.73 Å². The van der Waals surface area contributed by atoms with E-state index in [9.17, 15) is 4.79 Å². The van der Waals surface area contributed by atoms with Gasteiger partial charge < -0.3 is 11.1 Å². The largest absolute Gasteiger partial charge is 0.375 e. The molecule has 1 aliphatic carbocycles. The Kier molecular flexibility index (Phi) is 4.72. The summed E-state index contributed by atoms with van der Waals surface area (Å²) in [5.41, 5.74) is 7.86. The molecule has 1 aliphatic heterocycles. The van der Waals surface area contributed by atoms with Crippen LogP contribution in [0.25, 0.3) is 0 Å². The van der Waals surface area contributed by atoms with Crippen LogP contribution in [0.5, 0.6) is 0 Å². The summed E-state index contributed by atoms with van der Waals surface area (Å²) in [5.74, 6) is 0.396. The van der Waals surface area contributed by atoms with E-state index in [0.717, 1.165) is 44.7 Å². The molecule has 134 valence electrons. The third kappa shape index (κ3) is 3.85. The number of carbonyl (C=O) groups is 1. The van der Waals surface area contributed by atoms with Crippen LogP contribution >= 0.6 is 11.3 Å². The molecule has 2 aromatic heterocycles. The Morgan fingerprint density at radius 2 is 2.20 bits per heavy atom. The fourth-order valence-electron chi connectivity index (χ4n) is 3.73. The van der Waals surface area contributed by atoms with Gasteiger partial charge in [0.1, 0.15) is 0 Å². The molecule has 0 unspecified atom stereocenters. The van der Waals surface area contributed by atoms with Crippen LogP contribution < -0.4 is 11.1 Å². The quantitative estimate of drug-likeness (QED) is 0.848. The zero-order valence-electron chi connectivity index (χ0n) is 14.3. The fraction of sp³-hybridized carbons (Fsp3) is 0.588. The van der Waals surface area contributed by atoms with Gasteiger partial charge in [0.2, 0.25) is 5.91 Å². The van der Waals surface area contributed by atoms with E-state index in [1.165, 1.54) is 23.4 Å². The topological polar surface area (TPSA) is 89.1 Å². The van der Waals surface area contributed by atoms with Crippen molar-refractivity contribution in [2.24, 2.45) is 5.92 Å². The zero-order valence-corrected chi connectivity index (χ0v) is 15.1. The van der Waals surface area contributed by atoms with E-state index in [1.54, 1.807) is 11.3 Å². The highest BCUT2D eigenvalue weighted by molar-refractivity contribution is 7.15. The van der Waals surface area contributed by atoms with Gasteiger partial charge in [-0.25, -0.2) is 4.98 Å². The van der Waals surface area contributed by atoms with E-state index in [2.05, 4.69) is 31.0 Å². The first-order chi connectivity index (χ1) is 12.2. The van der Waals surface area contributed by atoms with Gasteiger partial charge >= 0.3 is 0 Å². The summed E-state index contributed by atoms with van der Waals surface area (Å²) in [6.45, 7) is 4.09. The van der Waals surface area contributed by atoms with Crippen LogP contribution in [0.3, 0.4) is 0 Å². The Balaban J connectivity index is 1.33. The summed E-state index contributed by atoms with van der Waals surface area (Å²) in [6, 6.07) is 2.11. The van der Waals surface area contributed by atoms with Crippen molar-refractivity contribution in [2.75, 3.05) is 12.3 Å². The maximum absolute atomic E-state index is 12.2. The second-order valence-electron chi connectivity index (χ2n) is 6.92. The Morgan fingerprint density at radius 3 is 2.96 bits per heavy atom. The van der Waals surface area contributed by atoms with Gasteiger partial charge in [-0.1, -0.05) is 12.8 Å². The van der Waals surface area contributed by atoms with Crippen LogP contribution in [0.1, 0.15) is 41.9 Å². The molecule has 4 rings (SSSR count). The van der Waals surface area contributed by atoms with Crippen LogP contribution in [-0.2, 0) is 31.0 Å². The summed E-state index contributed by atoms with van der Waals surface area (Å²) >= 11 is 1.55. The van der Waals surface area contributed by atoms with E-state index in [0.29, 0.717) is 11.7 Å². The number of nitrogen functional groups attached to an aromatic ring is 1. The minimum absolute atomic E-state index is 0.188. The monoisotopic (exact) mass is 360 g/mol. The molecule has 0 saturated heterocycles. The summed E-state index contributed by atoms with van der Waals surface area (Å²) in [4.78, 5) is 19.8. The van der Waals surface area contributed by atoms with Crippen molar-refractivity contribution in [2.45, 2.75) is 51.9 Å². The fourth-order valence-corrected chi connectivity index (χ4v) is 4.45. The molecule has 8 heteroatoms. The molecule has 2 aromatic rings. The number of thiazole rings is 1. The average Bonchev–Trinajstić information content (AvgIpc) is 3.33. The number of nitrogens with two attached hydrogens (primary N) is 1.